The van der Waals surface area contributed by atoms with Crippen LogP contribution < -0.4 is 0 Å². The normalized spacial score (nSPS) is 15.0. The predicted octanol–water partition coefficient (Wildman–Crippen LogP) is 0.641. The molecule has 2 N–H and O–H groups in total. The Morgan fingerprint density at radius 3 is 2.78 bits per heavy atom. The van der Waals surface area contributed by atoms with Gasteiger partial charge in [-0.2, -0.15) is 5.10 Å². The van der Waals surface area contributed by atoms with Crippen molar-refractivity contribution in [2.45, 2.75) is 39.7 Å². The Labute approximate surface area is 157 Å². The lowest BCUT2D eigenvalue weighted by atomic mass is 10.2. The second-order valence-corrected chi connectivity index (χ2v) is 6.28. The number of nitrogens with zero attached hydrogens (tertiary/aromatic N) is 5. The highest BCUT2D eigenvalue weighted by Crippen LogP contribution is 2.10. The van der Waals surface area contributed by atoms with E-state index in [1.807, 2.05) is 24.8 Å². The minimum Gasteiger partial charge on any atom is -0.483 e. The smallest absolute Gasteiger partial charge is 0.290 e. The van der Waals surface area contributed by atoms with Crippen molar-refractivity contribution in [1.82, 2.24) is 30.1 Å². The number of aromatic amines is 1. The first-order valence-electron chi connectivity index (χ1n) is 8.96. The van der Waals surface area contributed by atoms with E-state index >= 15 is 0 Å². The Morgan fingerprint density at radius 2 is 2.15 bits per heavy atom. The third-order valence-electron chi connectivity index (χ3n) is 4.21. The Bertz CT molecular complexity index is 729. The molecular formula is C17H26N6O4. The monoisotopic (exact) mass is 378 g/mol. The maximum absolute atomic E-state index is 12.4. The van der Waals surface area contributed by atoms with E-state index in [2.05, 4.69) is 25.2 Å². The third kappa shape index (κ3) is 6.48. The highest BCUT2D eigenvalue weighted by molar-refractivity contribution is 5.78. The van der Waals surface area contributed by atoms with Gasteiger partial charge in [-0.15, -0.1) is 0 Å². The summed E-state index contributed by atoms with van der Waals surface area (Å²) in [4.78, 5) is 29.5. The largest absolute Gasteiger partial charge is 0.483 e. The van der Waals surface area contributed by atoms with E-state index in [-0.39, 0.29) is 18.8 Å². The number of aryl methyl sites for hydroxylation is 2. The average Bonchev–Trinajstić information content (AvgIpc) is 3.19. The maximum Gasteiger partial charge on any atom is 0.290 e. The first-order valence-corrected chi connectivity index (χ1v) is 8.96. The summed E-state index contributed by atoms with van der Waals surface area (Å²) in [5.41, 5.74) is 0.804. The average molecular weight is 378 g/mol. The fourth-order valence-electron chi connectivity index (χ4n) is 2.91. The van der Waals surface area contributed by atoms with E-state index < -0.39 is 0 Å². The van der Waals surface area contributed by atoms with Crippen molar-refractivity contribution >= 4 is 12.4 Å². The summed E-state index contributed by atoms with van der Waals surface area (Å²) >= 11 is 0. The summed E-state index contributed by atoms with van der Waals surface area (Å²) in [6, 6.07) is 1.82. The van der Waals surface area contributed by atoms with Gasteiger partial charge in [0.1, 0.15) is 17.4 Å². The van der Waals surface area contributed by atoms with Gasteiger partial charge in [-0.3, -0.25) is 19.6 Å². The van der Waals surface area contributed by atoms with Crippen LogP contribution in [-0.4, -0.2) is 73.8 Å². The number of rotatable bonds is 5. The van der Waals surface area contributed by atoms with Gasteiger partial charge >= 0.3 is 0 Å². The summed E-state index contributed by atoms with van der Waals surface area (Å²) in [5.74, 6) is 2.47. The van der Waals surface area contributed by atoms with Crippen LogP contribution in [0, 0.1) is 6.92 Å². The molecule has 0 aromatic carbocycles. The van der Waals surface area contributed by atoms with E-state index in [4.69, 9.17) is 14.4 Å². The van der Waals surface area contributed by atoms with Crippen LogP contribution in [0.15, 0.2) is 10.6 Å². The minimum atomic E-state index is -0.250. The zero-order valence-electron chi connectivity index (χ0n) is 15.7. The molecule has 10 heteroatoms. The number of carboxylic acid groups (broad SMARTS) is 1. The molecule has 0 spiro atoms. The number of carbonyl (C=O) groups excluding carboxylic acids is 1. The molecule has 0 saturated carbocycles. The zero-order valence-corrected chi connectivity index (χ0v) is 15.7. The lowest BCUT2D eigenvalue weighted by Crippen LogP contribution is -2.36. The number of carbonyl (C=O) groups is 2. The van der Waals surface area contributed by atoms with Gasteiger partial charge in [0.2, 0.25) is 5.91 Å². The Balaban J connectivity index is 0.000000817. The van der Waals surface area contributed by atoms with Crippen LogP contribution in [0.3, 0.4) is 0 Å². The Kier molecular flexibility index (Phi) is 7.93. The molecule has 0 bridgehead atoms. The molecule has 0 unspecified atom stereocenters. The molecule has 0 aliphatic carbocycles. The van der Waals surface area contributed by atoms with E-state index in [0.717, 1.165) is 62.9 Å². The number of nitrogens with one attached hydrogen (secondary N) is 1. The van der Waals surface area contributed by atoms with Crippen LogP contribution in [0.2, 0.25) is 0 Å². The third-order valence-corrected chi connectivity index (χ3v) is 4.21. The highest BCUT2D eigenvalue weighted by Gasteiger charge is 2.21. The van der Waals surface area contributed by atoms with Gasteiger partial charge < -0.3 is 14.5 Å². The summed E-state index contributed by atoms with van der Waals surface area (Å²) in [5, 5.41) is 17.9. The molecule has 27 heavy (non-hydrogen) atoms. The van der Waals surface area contributed by atoms with Gasteiger partial charge in [-0.25, -0.2) is 4.98 Å². The van der Waals surface area contributed by atoms with Crippen molar-refractivity contribution < 1.29 is 19.2 Å². The number of amides is 1. The molecule has 3 rings (SSSR count). The van der Waals surface area contributed by atoms with Crippen LogP contribution in [0.25, 0.3) is 0 Å². The predicted molar refractivity (Wildman–Crippen MR) is 95.9 cm³/mol. The summed E-state index contributed by atoms with van der Waals surface area (Å²) < 4.78 is 5.14. The quantitative estimate of drug-likeness (QED) is 0.726. The topological polar surface area (TPSA) is 128 Å². The zero-order chi connectivity index (χ0) is 19.6. The van der Waals surface area contributed by atoms with Crippen LogP contribution in [-0.2, 0) is 29.0 Å². The number of aromatic nitrogens is 4. The SMILES string of the molecule is CCc1n[nH]c(CN2CCCN(C(=O)Cc3cc(C)no3)CC2)n1.O=CO. The summed E-state index contributed by atoms with van der Waals surface area (Å²) in [7, 11) is 0. The van der Waals surface area contributed by atoms with Crippen molar-refractivity contribution in [3.63, 3.8) is 0 Å². The van der Waals surface area contributed by atoms with E-state index in [0.29, 0.717) is 5.76 Å². The molecule has 0 radical (unpaired) electrons. The second-order valence-electron chi connectivity index (χ2n) is 6.28. The van der Waals surface area contributed by atoms with E-state index in [1.54, 1.807) is 0 Å². The molecule has 1 aliphatic rings. The first kappa shape index (κ1) is 20.6. The number of hydrogen-bond donors (Lipinski definition) is 2. The van der Waals surface area contributed by atoms with Gasteiger partial charge in [0.05, 0.1) is 18.7 Å². The van der Waals surface area contributed by atoms with Gasteiger partial charge in [-0.1, -0.05) is 12.1 Å². The van der Waals surface area contributed by atoms with Crippen molar-refractivity contribution in [3.8, 4) is 0 Å². The molecular weight excluding hydrogens is 352 g/mol. The highest BCUT2D eigenvalue weighted by atomic mass is 16.5. The lowest BCUT2D eigenvalue weighted by molar-refractivity contribution is -0.130. The van der Waals surface area contributed by atoms with Crippen LogP contribution in [0.1, 0.15) is 36.4 Å². The molecule has 2 aromatic rings. The van der Waals surface area contributed by atoms with Gasteiger partial charge in [-0.05, 0) is 13.3 Å². The molecule has 148 valence electrons. The van der Waals surface area contributed by atoms with Crippen LogP contribution in [0.5, 0.6) is 0 Å². The molecule has 0 atom stereocenters. The second kappa shape index (κ2) is 10.4. The van der Waals surface area contributed by atoms with Gasteiger partial charge in [0.25, 0.3) is 6.47 Å². The Morgan fingerprint density at radius 1 is 1.37 bits per heavy atom. The molecule has 3 heterocycles. The minimum absolute atomic E-state index is 0.0981. The summed E-state index contributed by atoms with van der Waals surface area (Å²) in [6.45, 7) is 7.68. The molecule has 1 amide bonds. The van der Waals surface area contributed by atoms with E-state index in [9.17, 15) is 4.79 Å². The fourth-order valence-corrected chi connectivity index (χ4v) is 2.91. The number of H-pyrrole nitrogens is 1. The van der Waals surface area contributed by atoms with Crippen LogP contribution >= 0.6 is 0 Å². The summed E-state index contributed by atoms with van der Waals surface area (Å²) in [6.07, 6.45) is 2.07. The first-order chi connectivity index (χ1) is 13.0. The maximum atomic E-state index is 12.4. The molecule has 10 nitrogen and oxygen atoms in total. The van der Waals surface area contributed by atoms with Crippen LogP contribution in [0.4, 0.5) is 0 Å². The Hall–Kier alpha value is -2.75. The standard InChI is InChI=1S/C16H24N6O2.CH2O2/c1-3-14-17-15(19-18-14)11-21-5-4-6-22(8-7-21)16(23)10-13-9-12(2)20-24-13;2-1-3/h9H,3-8,10-11H2,1-2H3,(H,17,18,19);1H,(H,2,3). The fraction of sp³-hybridized carbons (Fsp3) is 0.588. The molecule has 1 aliphatic heterocycles. The number of hydrogen-bond acceptors (Lipinski definition) is 7. The van der Waals surface area contributed by atoms with Crippen molar-refractivity contribution in [3.05, 3.63) is 29.2 Å². The molecule has 1 fully saturated rings. The van der Waals surface area contributed by atoms with Crippen molar-refractivity contribution in [1.29, 1.82) is 0 Å². The van der Waals surface area contributed by atoms with E-state index in [1.165, 1.54) is 0 Å². The van der Waals surface area contributed by atoms with Gasteiger partial charge in [0.15, 0.2) is 0 Å². The van der Waals surface area contributed by atoms with Crippen molar-refractivity contribution in [2.24, 2.45) is 0 Å². The molecule has 2 aromatic heterocycles. The lowest BCUT2D eigenvalue weighted by Gasteiger charge is -2.21. The van der Waals surface area contributed by atoms with Gasteiger partial charge in [0, 0.05) is 38.7 Å². The van der Waals surface area contributed by atoms with Crippen molar-refractivity contribution in [2.75, 3.05) is 26.2 Å². The molecule has 1 saturated heterocycles.